The molecule has 0 aromatic heterocycles. The largest absolute Gasteiger partial charge is 0.468 e. The van der Waals surface area contributed by atoms with Crippen LogP contribution < -0.4 is 0 Å². The van der Waals surface area contributed by atoms with Crippen molar-refractivity contribution in [2.75, 3.05) is 14.2 Å². The molecule has 0 unspecified atom stereocenters. The van der Waals surface area contributed by atoms with Crippen LogP contribution in [0.1, 0.15) is 27.4 Å². The normalized spacial score (nSPS) is 11.4. The van der Waals surface area contributed by atoms with Crippen LogP contribution >= 0.6 is 0 Å². The van der Waals surface area contributed by atoms with Crippen molar-refractivity contribution in [1.29, 1.82) is 0 Å². The molecule has 0 fully saturated rings. The third-order valence-electron chi connectivity index (χ3n) is 3.53. The van der Waals surface area contributed by atoms with Crippen LogP contribution in [0.5, 0.6) is 0 Å². The summed E-state index contributed by atoms with van der Waals surface area (Å²) in [5, 5.41) is 11.1. The predicted molar refractivity (Wildman–Crippen MR) is 84.7 cm³/mol. The summed E-state index contributed by atoms with van der Waals surface area (Å²) in [5.41, 5.74) is 0.445. The number of hydrogen-bond donors (Lipinski definition) is 0. The van der Waals surface area contributed by atoms with Crippen LogP contribution in [0.25, 0.3) is 0 Å². The van der Waals surface area contributed by atoms with Gasteiger partial charge in [0.1, 0.15) is 11.5 Å². The van der Waals surface area contributed by atoms with Crippen molar-refractivity contribution in [3.05, 3.63) is 75.3 Å². The topological polar surface area (TPSA) is 95.7 Å². The standard InChI is InChI=1S/C17H15NO6/c1-23-16(19)13-10-12(8-9-14(13)18(21)22)15(17(20)24-2)11-6-4-3-5-7-11/h3-10,15H,1-2H3/t15-/m1/s1. The average Bonchev–Trinajstić information content (AvgIpc) is 2.61. The Labute approximate surface area is 138 Å². The SMILES string of the molecule is COC(=O)c1cc([C@H](C(=O)OC)c2ccccc2)ccc1[N+](=O)[O-]. The fourth-order valence-corrected chi connectivity index (χ4v) is 2.39. The molecule has 0 saturated carbocycles. The first kappa shape index (κ1) is 17.1. The number of carbonyl (C=O) groups excluding carboxylic acids is 2. The zero-order valence-corrected chi connectivity index (χ0v) is 13.1. The molecular weight excluding hydrogens is 314 g/mol. The van der Waals surface area contributed by atoms with Gasteiger partial charge in [-0.25, -0.2) is 4.79 Å². The van der Waals surface area contributed by atoms with Crippen molar-refractivity contribution in [1.82, 2.24) is 0 Å². The number of nitro groups is 1. The highest BCUT2D eigenvalue weighted by atomic mass is 16.6. The molecule has 0 aliphatic rings. The molecule has 0 radical (unpaired) electrons. The van der Waals surface area contributed by atoms with Crippen molar-refractivity contribution >= 4 is 17.6 Å². The van der Waals surface area contributed by atoms with Crippen LogP contribution in [0.15, 0.2) is 48.5 Å². The Kier molecular flexibility index (Phi) is 5.26. The third kappa shape index (κ3) is 3.40. The molecule has 2 rings (SSSR count). The van der Waals surface area contributed by atoms with Crippen molar-refractivity contribution in [3.8, 4) is 0 Å². The van der Waals surface area contributed by atoms with Crippen molar-refractivity contribution in [2.45, 2.75) is 5.92 Å². The fraction of sp³-hybridized carbons (Fsp3) is 0.176. The molecule has 7 heteroatoms. The van der Waals surface area contributed by atoms with Crippen LogP contribution in [0.4, 0.5) is 5.69 Å². The lowest BCUT2D eigenvalue weighted by molar-refractivity contribution is -0.385. The van der Waals surface area contributed by atoms with E-state index in [1.54, 1.807) is 30.3 Å². The van der Waals surface area contributed by atoms with Gasteiger partial charge in [0, 0.05) is 6.07 Å². The van der Waals surface area contributed by atoms with E-state index >= 15 is 0 Å². The molecule has 0 spiro atoms. The molecular formula is C17H15NO6. The van der Waals surface area contributed by atoms with E-state index in [0.717, 1.165) is 7.11 Å². The first-order valence-electron chi connectivity index (χ1n) is 6.99. The number of methoxy groups -OCH3 is 2. The van der Waals surface area contributed by atoms with Crippen LogP contribution in [0.3, 0.4) is 0 Å². The van der Waals surface area contributed by atoms with Gasteiger partial charge in [0.25, 0.3) is 5.69 Å². The molecule has 0 saturated heterocycles. The molecule has 124 valence electrons. The molecule has 0 aliphatic carbocycles. The fourth-order valence-electron chi connectivity index (χ4n) is 2.39. The van der Waals surface area contributed by atoms with E-state index in [0.29, 0.717) is 11.1 Å². The second-order valence-corrected chi connectivity index (χ2v) is 4.89. The lowest BCUT2D eigenvalue weighted by Crippen LogP contribution is -2.17. The van der Waals surface area contributed by atoms with Crippen molar-refractivity contribution in [3.63, 3.8) is 0 Å². The number of esters is 2. The van der Waals surface area contributed by atoms with E-state index in [9.17, 15) is 19.7 Å². The monoisotopic (exact) mass is 329 g/mol. The van der Waals surface area contributed by atoms with Crippen LogP contribution in [0, 0.1) is 10.1 Å². The highest BCUT2D eigenvalue weighted by Gasteiger charge is 2.28. The number of hydrogen-bond acceptors (Lipinski definition) is 6. The Morgan fingerprint density at radius 3 is 2.21 bits per heavy atom. The Bertz CT molecular complexity index is 772. The number of nitrogens with zero attached hydrogens (tertiary/aromatic N) is 1. The Balaban J connectivity index is 2.61. The summed E-state index contributed by atoms with van der Waals surface area (Å²) in [6, 6.07) is 12.7. The maximum absolute atomic E-state index is 12.2. The maximum atomic E-state index is 12.2. The smallest absolute Gasteiger partial charge is 0.344 e. The zero-order valence-electron chi connectivity index (χ0n) is 13.1. The van der Waals surface area contributed by atoms with Crippen molar-refractivity contribution in [2.24, 2.45) is 0 Å². The van der Waals surface area contributed by atoms with Gasteiger partial charge in [-0.3, -0.25) is 14.9 Å². The Hall–Kier alpha value is -3.22. The van der Waals surface area contributed by atoms with Gasteiger partial charge < -0.3 is 9.47 Å². The van der Waals surface area contributed by atoms with E-state index in [4.69, 9.17) is 4.74 Å². The first-order chi connectivity index (χ1) is 11.5. The second kappa shape index (κ2) is 7.36. The van der Waals surface area contributed by atoms with Gasteiger partial charge in [0.2, 0.25) is 0 Å². The summed E-state index contributed by atoms with van der Waals surface area (Å²) in [6.07, 6.45) is 0. The molecule has 2 aromatic rings. The van der Waals surface area contributed by atoms with E-state index in [-0.39, 0.29) is 11.3 Å². The lowest BCUT2D eigenvalue weighted by Gasteiger charge is -2.16. The Morgan fingerprint density at radius 1 is 1.00 bits per heavy atom. The Morgan fingerprint density at radius 2 is 1.67 bits per heavy atom. The average molecular weight is 329 g/mol. The molecule has 1 atom stereocenters. The quantitative estimate of drug-likeness (QED) is 0.475. The number of rotatable bonds is 5. The number of benzene rings is 2. The summed E-state index contributed by atoms with van der Waals surface area (Å²) < 4.78 is 9.43. The van der Waals surface area contributed by atoms with Gasteiger partial charge in [0.05, 0.1) is 19.1 Å². The minimum atomic E-state index is -0.847. The molecule has 7 nitrogen and oxygen atoms in total. The minimum absolute atomic E-state index is 0.218. The van der Waals surface area contributed by atoms with Gasteiger partial charge in [-0.15, -0.1) is 0 Å². The molecule has 0 amide bonds. The molecule has 24 heavy (non-hydrogen) atoms. The van der Waals surface area contributed by atoms with E-state index in [1.165, 1.54) is 25.3 Å². The van der Waals surface area contributed by atoms with Crippen molar-refractivity contribution < 1.29 is 24.0 Å². The molecule has 2 aromatic carbocycles. The van der Waals surface area contributed by atoms with Gasteiger partial charge in [0.15, 0.2) is 0 Å². The van der Waals surface area contributed by atoms with Crippen LogP contribution in [-0.2, 0) is 14.3 Å². The van der Waals surface area contributed by atoms with Gasteiger partial charge in [-0.05, 0) is 17.2 Å². The van der Waals surface area contributed by atoms with Crippen LogP contribution in [0.2, 0.25) is 0 Å². The second-order valence-electron chi connectivity index (χ2n) is 4.89. The first-order valence-corrected chi connectivity index (χ1v) is 6.99. The van der Waals surface area contributed by atoms with Gasteiger partial charge >= 0.3 is 11.9 Å². The molecule has 0 heterocycles. The summed E-state index contributed by atoms with van der Waals surface area (Å²) in [5.74, 6) is -2.19. The van der Waals surface area contributed by atoms with Gasteiger partial charge in [-0.1, -0.05) is 36.4 Å². The summed E-state index contributed by atoms with van der Waals surface area (Å²) in [6.45, 7) is 0. The number of ether oxygens (including phenoxy) is 2. The van der Waals surface area contributed by atoms with E-state index < -0.39 is 22.8 Å². The lowest BCUT2D eigenvalue weighted by atomic mass is 9.90. The molecule has 0 aliphatic heterocycles. The van der Waals surface area contributed by atoms with E-state index in [2.05, 4.69) is 4.74 Å². The molecule has 0 bridgehead atoms. The number of nitro benzene ring substituents is 1. The van der Waals surface area contributed by atoms with Gasteiger partial charge in [-0.2, -0.15) is 0 Å². The highest BCUT2D eigenvalue weighted by molar-refractivity contribution is 5.94. The van der Waals surface area contributed by atoms with E-state index in [1.807, 2.05) is 0 Å². The third-order valence-corrected chi connectivity index (χ3v) is 3.53. The molecule has 0 N–H and O–H groups in total. The maximum Gasteiger partial charge on any atom is 0.344 e. The number of carbonyl (C=O) groups is 2. The zero-order chi connectivity index (χ0) is 17.7. The minimum Gasteiger partial charge on any atom is -0.468 e. The van der Waals surface area contributed by atoms with Crippen LogP contribution in [-0.4, -0.2) is 31.1 Å². The summed E-state index contributed by atoms with van der Waals surface area (Å²) in [4.78, 5) is 34.5. The predicted octanol–water partition coefficient (Wildman–Crippen LogP) is 2.69. The summed E-state index contributed by atoms with van der Waals surface area (Å²) >= 11 is 0. The highest BCUT2D eigenvalue weighted by Crippen LogP contribution is 2.30. The summed E-state index contributed by atoms with van der Waals surface area (Å²) in [7, 11) is 2.39.